The fraction of sp³-hybridized carbons (Fsp3) is 0.733. The fourth-order valence-electron chi connectivity index (χ4n) is 2.29. The van der Waals surface area contributed by atoms with E-state index in [1.165, 1.54) is 50.5 Å². The lowest BCUT2D eigenvalue weighted by atomic mass is 10.0. The molecule has 0 atom stereocenters. The zero-order chi connectivity index (χ0) is 13.2. The maximum atomic E-state index is 5.67. The van der Waals surface area contributed by atoms with Gasteiger partial charge in [0.25, 0.3) is 0 Å². The Kier molecular flexibility index (Phi) is 7.78. The van der Waals surface area contributed by atoms with Crippen LogP contribution in [0.1, 0.15) is 69.0 Å². The lowest BCUT2D eigenvalue weighted by molar-refractivity contribution is 0.464. The summed E-state index contributed by atoms with van der Waals surface area (Å²) in [5.74, 6) is 1.77. The molecule has 0 bridgehead atoms. The first-order valence-electron chi connectivity index (χ1n) is 7.32. The van der Waals surface area contributed by atoms with Crippen LogP contribution in [0.5, 0.6) is 0 Å². The third kappa shape index (κ3) is 5.23. The van der Waals surface area contributed by atoms with Crippen molar-refractivity contribution >= 4 is 0 Å². The molecule has 0 amide bonds. The van der Waals surface area contributed by atoms with Gasteiger partial charge < -0.3 is 15.9 Å². The van der Waals surface area contributed by atoms with E-state index < -0.39 is 0 Å². The largest absolute Gasteiger partial charge is 0.463 e. The Labute approximate surface area is 111 Å². The molecule has 0 fully saturated rings. The molecule has 0 aliphatic carbocycles. The molecule has 0 aliphatic heterocycles. The summed E-state index contributed by atoms with van der Waals surface area (Å²) in [6.07, 6.45) is 10.4. The van der Waals surface area contributed by atoms with Gasteiger partial charge in [-0.25, -0.2) is 0 Å². The highest BCUT2D eigenvalue weighted by Gasteiger charge is 2.08. The van der Waals surface area contributed by atoms with E-state index in [9.17, 15) is 0 Å². The second-order valence-electron chi connectivity index (χ2n) is 4.94. The summed E-state index contributed by atoms with van der Waals surface area (Å²) in [7, 11) is 0. The van der Waals surface area contributed by atoms with Crippen LogP contribution in [0.25, 0.3) is 0 Å². The maximum absolute atomic E-state index is 5.67. The minimum Gasteiger partial charge on any atom is -0.463 e. The number of unbranched alkanes of at least 4 members (excludes halogenated alkanes) is 6. The van der Waals surface area contributed by atoms with E-state index in [4.69, 9.17) is 15.9 Å². The Morgan fingerprint density at radius 1 is 0.944 bits per heavy atom. The van der Waals surface area contributed by atoms with Crippen LogP contribution >= 0.6 is 0 Å². The van der Waals surface area contributed by atoms with Crippen molar-refractivity contribution in [2.45, 2.75) is 71.4 Å². The summed E-state index contributed by atoms with van der Waals surface area (Å²) in [5.41, 5.74) is 12.5. The van der Waals surface area contributed by atoms with Crippen LogP contribution in [-0.4, -0.2) is 0 Å². The van der Waals surface area contributed by atoms with Gasteiger partial charge in [-0.15, -0.1) is 0 Å². The Morgan fingerprint density at radius 2 is 1.61 bits per heavy atom. The minimum absolute atomic E-state index is 0.462. The van der Waals surface area contributed by atoms with Gasteiger partial charge >= 0.3 is 0 Å². The van der Waals surface area contributed by atoms with Crippen LogP contribution in [0.2, 0.25) is 0 Å². The number of furan rings is 1. The highest BCUT2D eigenvalue weighted by Crippen LogP contribution is 2.18. The van der Waals surface area contributed by atoms with Gasteiger partial charge in [0.1, 0.15) is 11.5 Å². The van der Waals surface area contributed by atoms with E-state index in [2.05, 4.69) is 13.0 Å². The van der Waals surface area contributed by atoms with Crippen molar-refractivity contribution in [3.63, 3.8) is 0 Å². The van der Waals surface area contributed by atoms with Gasteiger partial charge in [0.15, 0.2) is 0 Å². The van der Waals surface area contributed by atoms with E-state index in [-0.39, 0.29) is 0 Å². The second kappa shape index (κ2) is 9.17. The Morgan fingerprint density at radius 3 is 2.22 bits per heavy atom. The van der Waals surface area contributed by atoms with Crippen molar-refractivity contribution in [2.75, 3.05) is 0 Å². The van der Waals surface area contributed by atoms with E-state index in [1.807, 2.05) is 0 Å². The molecular weight excluding hydrogens is 224 g/mol. The van der Waals surface area contributed by atoms with Gasteiger partial charge in [-0.1, -0.05) is 45.4 Å². The van der Waals surface area contributed by atoms with Crippen molar-refractivity contribution in [2.24, 2.45) is 11.5 Å². The van der Waals surface area contributed by atoms with Crippen LogP contribution in [0.15, 0.2) is 10.5 Å². The molecular formula is C15H28N2O. The average Bonchev–Trinajstić information content (AvgIpc) is 2.80. The van der Waals surface area contributed by atoms with Gasteiger partial charge in [0, 0.05) is 0 Å². The van der Waals surface area contributed by atoms with Crippen molar-refractivity contribution in [1.82, 2.24) is 0 Å². The predicted octanol–water partition coefficient (Wildman–Crippen LogP) is 3.49. The van der Waals surface area contributed by atoms with E-state index in [0.717, 1.165) is 17.9 Å². The molecule has 0 aromatic carbocycles. The fourth-order valence-corrected chi connectivity index (χ4v) is 2.29. The molecule has 0 aliphatic rings. The summed E-state index contributed by atoms with van der Waals surface area (Å²) in [6, 6.07) is 2.07. The van der Waals surface area contributed by atoms with Gasteiger partial charge in [0.05, 0.1) is 13.1 Å². The van der Waals surface area contributed by atoms with Crippen molar-refractivity contribution in [1.29, 1.82) is 0 Å². The van der Waals surface area contributed by atoms with E-state index in [1.54, 1.807) is 0 Å². The Bertz CT molecular complexity index is 320. The van der Waals surface area contributed by atoms with E-state index in [0.29, 0.717) is 13.1 Å². The lowest BCUT2D eigenvalue weighted by Gasteiger charge is -2.01. The molecule has 1 rings (SSSR count). The minimum atomic E-state index is 0.462. The third-order valence-corrected chi connectivity index (χ3v) is 3.38. The van der Waals surface area contributed by atoms with Gasteiger partial charge in [0.2, 0.25) is 0 Å². The molecule has 0 spiro atoms. The zero-order valence-corrected chi connectivity index (χ0v) is 11.7. The summed E-state index contributed by atoms with van der Waals surface area (Å²) in [4.78, 5) is 0. The topological polar surface area (TPSA) is 65.2 Å². The first-order chi connectivity index (χ1) is 8.81. The van der Waals surface area contributed by atoms with Crippen molar-refractivity contribution in [3.05, 3.63) is 23.2 Å². The number of hydrogen-bond donors (Lipinski definition) is 2. The molecule has 0 unspecified atom stereocenters. The number of rotatable bonds is 10. The Balaban J connectivity index is 2.20. The van der Waals surface area contributed by atoms with Crippen LogP contribution in [0, 0.1) is 0 Å². The monoisotopic (exact) mass is 252 g/mol. The normalized spacial score (nSPS) is 11.1. The van der Waals surface area contributed by atoms with Gasteiger partial charge in [-0.05, 0) is 24.5 Å². The molecule has 1 aromatic rings. The average molecular weight is 252 g/mol. The SMILES string of the molecule is CCCCCCCCCc1cc(CN)oc1CN. The molecule has 1 heterocycles. The Hall–Kier alpha value is -0.800. The van der Waals surface area contributed by atoms with Crippen LogP contribution in [0.3, 0.4) is 0 Å². The molecule has 104 valence electrons. The maximum Gasteiger partial charge on any atom is 0.120 e. The highest BCUT2D eigenvalue weighted by molar-refractivity contribution is 5.21. The standard InChI is InChI=1S/C15H28N2O/c1-2-3-4-5-6-7-8-9-13-10-14(11-16)18-15(13)12-17/h10H,2-9,11-12,16-17H2,1H3. The third-order valence-electron chi connectivity index (χ3n) is 3.38. The first-order valence-corrected chi connectivity index (χ1v) is 7.32. The van der Waals surface area contributed by atoms with Gasteiger partial charge in [-0.2, -0.15) is 0 Å². The molecule has 0 saturated heterocycles. The predicted molar refractivity (Wildman–Crippen MR) is 76.2 cm³/mol. The van der Waals surface area contributed by atoms with Crippen molar-refractivity contribution in [3.8, 4) is 0 Å². The summed E-state index contributed by atoms with van der Waals surface area (Å²) < 4.78 is 5.57. The summed E-state index contributed by atoms with van der Waals surface area (Å²) >= 11 is 0. The molecule has 18 heavy (non-hydrogen) atoms. The summed E-state index contributed by atoms with van der Waals surface area (Å²) in [5, 5.41) is 0. The van der Waals surface area contributed by atoms with Crippen LogP contribution in [-0.2, 0) is 19.5 Å². The van der Waals surface area contributed by atoms with Crippen LogP contribution < -0.4 is 11.5 Å². The molecule has 0 saturated carbocycles. The van der Waals surface area contributed by atoms with E-state index >= 15 is 0 Å². The highest BCUT2D eigenvalue weighted by atomic mass is 16.3. The molecule has 0 radical (unpaired) electrons. The molecule has 4 N–H and O–H groups in total. The van der Waals surface area contributed by atoms with Crippen molar-refractivity contribution < 1.29 is 4.42 Å². The smallest absolute Gasteiger partial charge is 0.120 e. The quantitative estimate of drug-likeness (QED) is 0.626. The number of hydrogen-bond acceptors (Lipinski definition) is 3. The molecule has 3 nitrogen and oxygen atoms in total. The van der Waals surface area contributed by atoms with Crippen LogP contribution in [0.4, 0.5) is 0 Å². The first kappa shape index (κ1) is 15.3. The van der Waals surface area contributed by atoms with Gasteiger partial charge in [-0.3, -0.25) is 0 Å². The molecule has 3 heteroatoms. The zero-order valence-electron chi connectivity index (χ0n) is 11.7. The number of nitrogens with two attached hydrogens (primary N) is 2. The summed E-state index contributed by atoms with van der Waals surface area (Å²) in [6.45, 7) is 3.19. The lowest BCUT2D eigenvalue weighted by Crippen LogP contribution is -1.98. The second-order valence-corrected chi connectivity index (χ2v) is 4.94. The molecule has 1 aromatic heterocycles. The number of aryl methyl sites for hydroxylation is 1.